The van der Waals surface area contributed by atoms with Crippen LogP contribution in [0.5, 0.6) is 5.75 Å². The van der Waals surface area contributed by atoms with E-state index in [9.17, 15) is 19.7 Å². The van der Waals surface area contributed by atoms with Gasteiger partial charge in [-0.05, 0) is 30.3 Å². The minimum Gasteiger partial charge on any atom is -0.495 e. The summed E-state index contributed by atoms with van der Waals surface area (Å²) in [4.78, 5) is 34.4. The van der Waals surface area contributed by atoms with Crippen molar-refractivity contribution in [3.05, 3.63) is 63.4 Å². The number of nitrogens with one attached hydrogen (secondary N) is 1. The number of benzene rings is 2. The molecule has 0 saturated carbocycles. The van der Waals surface area contributed by atoms with Gasteiger partial charge in [0.1, 0.15) is 11.3 Å². The van der Waals surface area contributed by atoms with Crippen LogP contribution in [0.2, 0.25) is 5.02 Å². The molecule has 1 heterocycles. The van der Waals surface area contributed by atoms with Crippen molar-refractivity contribution in [2.45, 2.75) is 0 Å². The van der Waals surface area contributed by atoms with E-state index in [0.29, 0.717) is 16.0 Å². The summed E-state index contributed by atoms with van der Waals surface area (Å²) in [7, 11) is 1.35. The number of esters is 1. The van der Waals surface area contributed by atoms with Gasteiger partial charge in [-0.1, -0.05) is 11.6 Å². The van der Waals surface area contributed by atoms with Crippen molar-refractivity contribution in [3.63, 3.8) is 0 Å². The number of ether oxygens (including phenoxy) is 2. The fraction of sp³-hybridized carbons (Fsp3) is 0.111. The van der Waals surface area contributed by atoms with Crippen LogP contribution in [0.15, 0.2) is 46.9 Å². The number of nitro benzene ring substituents is 1. The molecule has 0 aliphatic carbocycles. The number of amides is 1. The van der Waals surface area contributed by atoms with Gasteiger partial charge in [-0.2, -0.15) is 0 Å². The molecular weight excluding hydrogens is 392 g/mol. The van der Waals surface area contributed by atoms with Crippen molar-refractivity contribution >= 4 is 45.8 Å². The highest BCUT2D eigenvalue weighted by atomic mass is 35.5. The number of rotatable bonds is 6. The number of halogens is 1. The summed E-state index contributed by atoms with van der Waals surface area (Å²) in [6, 6.07) is 10.0. The van der Waals surface area contributed by atoms with E-state index in [4.69, 9.17) is 25.5 Å². The average molecular weight is 405 g/mol. The van der Waals surface area contributed by atoms with Gasteiger partial charge in [-0.25, -0.2) is 4.79 Å². The first kappa shape index (κ1) is 19.2. The van der Waals surface area contributed by atoms with E-state index in [1.165, 1.54) is 25.3 Å². The van der Waals surface area contributed by atoms with E-state index in [0.717, 1.165) is 6.07 Å². The number of nitro groups is 1. The van der Waals surface area contributed by atoms with Crippen molar-refractivity contribution in [1.82, 2.24) is 0 Å². The Balaban J connectivity index is 1.65. The molecule has 1 N–H and O–H groups in total. The standard InChI is InChI=1S/C18H13ClN2O7/c1-26-15-5-3-12(21(24)25)8-13(15)20-17(22)9-27-18(23)16-7-10-6-11(19)2-4-14(10)28-16/h2-8H,9H2,1H3,(H,20,22). The number of carbonyl (C=O) groups excluding carboxylic acids is 2. The van der Waals surface area contributed by atoms with E-state index in [-0.39, 0.29) is 22.9 Å². The molecule has 3 aromatic rings. The molecular formula is C18H13ClN2O7. The van der Waals surface area contributed by atoms with Crippen LogP contribution in [0.3, 0.4) is 0 Å². The molecule has 0 unspecified atom stereocenters. The van der Waals surface area contributed by atoms with Crippen LogP contribution < -0.4 is 10.1 Å². The molecule has 0 aliphatic heterocycles. The lowest BCUT2D eigenvalue weighted by Gasteiger charge is -2.10. The Morgan fingerprint density at radius 1 is 1.21 bits per heavy atom. The molecule has 0 spiro atoms. The highest BCUT2D eigenvalue weighted by Crippen LogP contribution is 2.29. The van der Waals surface area contributed by atoms with Crippen molar-refractivity contribution in [2.24, 2.45) is 0 Å². The van der Waals surface area contributed by atoms with Gasteiger partial charge in [0, 0.05) is 22.5 Å². The van der Waals surface area contributed by atoms with Crippen molar-refractivity contribution < 1.29 is 28.4 Å². The van der Waals surface area contributed by atoms with Gasteiger partial charge in [0.25, 0.3) is 11.6 Å². The quantitative estimate of drug-likeness (QED) is 0.376. The van der Waals surface area contributed by atoms with Gasteiger partial charge in [0.15, 0.2) is 6.61 Å². The molecule has 0 aliphatic rings. The van der Waals surface area contributed by atoms with Gasteiger partial charge in [-0.3, -0.25) is 14.9 Å². The molecule has 0 radical (unpaired) electrons. The second-order valence-corrected chi connectivity index (χ2v) is 6.00. The smallest absolute Gasteiger partial charge is 0.374 e. The molecule has 144 valence electrons. The van der Waals surface area contributed by atoms with Gasteiger partial charge < -0.3 is 19.2 Å². The summed E-state index contributed by atoms with van der Waals surface area (Å²) in [6.07, 6.45) is 0. The third kappa shape index (κ3) is 4.21. The van der Waals surface area contributed by atoms with E-state index >= 15 is 0 Å². The first-order chi connectivity index (χ1) is 13.4. The number of methoxy groups -OCH3 is 1. The SMILES string of the molecule is COc1ccc([N+](=O)[O-])cc1NC(=O)COC(=O)c1cc2cc(Cl)ccc2o1. The topological polar surface area (TPSA) is 121 Å². The zero-order valence-corrected chi connectivity index (χ0v) is 15.2. The van der Waals surface area contributed by atoms with E-state index in [1.54, 1.807) is 18.2 Å². The highest BCUT2D eigenvalue weighted by molar-refractivity contribution is 6.31. The van der Waals surface area contributed by atoms with Crippen LogP contribution in [0.4, 0.5) is 11.4 Å². The number of anilines is 1. The number of furan rings is 1. The Labute approximate surface area is 162 Å². The van der Waals surface area contributed by atoms with Crippen LogP contribution in [-0.4, -0.2) is 30.5 Å². The molecule has 28 heavy (non-hydrogen) atoms. The summed E-state index contributed by atoms with van der Waals surface area (Å²) in [5.74, 6) is -1.41. The molecule has 9 nitrogen and oxygen atoms in total. The average Bonchev–Trinajstić information content (AvgIpc) is 3.09. The fourth-order valence-corrected chi connectivity index (χ4v) is 2.59. The van der Waals surface area contributed by atoms with Crippen LogP contribution in [-0.2, 0) is 9.53 Å². The Morgan fingerprint density at radius 2 is 2.00 bits per heavy atom. The summed E-state index contributed by atoms with van der Waals surface area (Å²) in [5.41, 5.74) is 0.298. The Kier molecular flexibility index (Phi) is 5.46. The lowest BCUT2D eigenvalue weighted by Crippen LogP contribution is -2.21. The van der Waals surface area contributed by atoms with Crippen molar-refractivity contribution in [1.29, 1.82) is 0 Å². The second-order valence-electron chi connectivity index (χ2n) is 5.56. The van der Waals surface area contributed by atoms with Gasteiger partial charge in [-0.15, -0.1) is 0 Å². The number of fused-ring (bicyclic) bond motifs is 1. The largest absolute Gasteiger partial charge is 0.495 e. The number of hydrogen-bond acceptors (Lipinski definition) is 7. The van der Waals surface area contributed by atoms with Crippen molar-refractivity contribution in [2.75, 3.05) is 19.0 Å². The van der Waals surface area contributed by atoms with Gasteiger partial charge in [0.05, 0.1) is 17.7 Å². The Hall–Kier alpha value is -3.59. The second kappa shape index (κ2) is 7.97. The summed E-state index contributed by atoms with van der Waals surface area (Å²) >= 11 is 5.88. The van der Waals surface area contributed by atoms with Gasteiger partial charge in [0.2, 0.25) is 5.76 Å². The maximum absolute atomic E-state index is 12.1. The predicted molar refractivity (Wildman–Crippen MR) is 99.8 cm³/mol. The molecule has 10 heteroatoms. The normalized spacial score (nSPS) is 10.5. The number of carbonyl (C=O) groups is 2. The van der Waals surface area contributed by atoms with Crippen LogP contribution in [0, 0.1) is 10.1 Å². The third-order valence-electron chi connectivity index (χ3n) is 3.68. The van der Waals surface area contributed by atoms with E-state index in [1.807, 2.05) is 0 Å². The molecule has 0 atom stereocenters. The molecule has 0 fully saturated rings. The van der Waals surface area contributed by atoms with E-state index in [2.05, 4.69) is 5.32 Å². The first-order valence-electron chi connectivity index (χ1n) is 7.86. The summed E-state index contributed by atoms with van der Waals surface area (Å²) in [6.45, 7) is -0.623. The molecule has 1 aromatic heterocycles. The molecule has 1 amide bonds. The third-order valence-corrected chi connectivity index (χ3v) is 3.92. The van der Waals surface area contributed by atoms with Crippen LogP contribution in [0.1, 0.15) is 10.6 Å². The lowest BCUT2D eigenvalue weighted by molar-refractivity contribution is -0.384. The molecule has 3 rings (SSSR count). The minimum absolute atomic E-state index is 0.0797. The minimum atomic E-state index is -0.839. The van der Waals surface area contributed by atoms with Crippen molar-refractivity contribution in [3.8, 4) is 5.75 Å². The monoisotopic (exact) mass is 404 g/mol. The number of hydrogen-bond donors (Lipinski definition) is 1. The molecule has 0 bridgehead atoms. The van der Waals surface area contributed by atoms with E-state index < -0.39 is 23.4 Å². The molecule has 2 aromatic carbocycles. The highest BCUT2D eigenvalue weighted by Gasteiger charge is 2.18. The van der Waals surface area contributed by atoms with Crippen LogP contribution in [0.25, 0.3) is 11.0 Å². The number of nitrogens with zero attached hydrogens (tertiary/aromatic N) is 1. The fourth-order valence-electron chi connectivity index (χ4n) is 2.41. The zero-order chi connectivity index (χ0) is 20.3. The Morgan fingerprint density at radius 3 is 2.71 bits per heavy atom. The summed E-state index contributed by atoms with van der Waals surface area (Å²) in [5, 5.41) is 14.4. The Bertz CT molecular complexity index is 1080. The van der Waals surface area contributed by atoms with Crippen LogP contribution >= 0.6 is 11.6 Å². The lowest BCUT2D eigenvalue weighted by atomic mass is 10.2. The maximum atomic E-state index is 12.1. The maximum Gasteiger partial charge on any atom is 0.374 e. The first-order valence-corrected chi connectivity index (χ1v) is 8.23. The zero-order valence-electron chi connectivity index (χ0n) is 14.4. The van der Waals surface area contributed by atoms with Gasteiger partial charge >= 0.3 is 5.97 Å². The summed E-state index contributed by atoms with van der Waals surface area (Å²) < 4.78 is 15.3. The molecule has 0 saturated heterocycles. The number of non-ortho nitro benzene ring substituents is 1. The predicted octanol–water partition coefficient (Wildman–Crippen LogP) is 3.80.